The largest absolute Gasteiger partial charge is 0.465 e. The van der Waals surface area contributed by atoms with Crippen LogP contribution < -0.4 is 4.72 Å². The fourth-order valence-corrected chi connectivity index (χ4v) is 2.78. The van der Waals surface area contributed by atoms with Crippen LogP contribution in [0.3, 0.4) is 0 Å². The summed E-state index contributed by atoms with van der Waals surface area (Å²) >= 11 is 6.38. The molecule has 16 heavy (non-hydrogen) atoms. The van der Waals surface area contributed by atoms with E-state index < -0.39 is 21.2 Å². The molecule has 1 aromatic rings. The summed E-state index contributed by atoms with van der Waals surface area (Å²) < 4.78 is 29.4. The second kappa shape index (κ2) is 5.03. The summed E-state index contributed by atoms with van der Waals surface area (Å²) in [7, 11) is -2.38. The zero-order valence-corrected chi connectivity index (χ0v) is 11.0. The summed E-state index contributed by atoms with van der Waals surface area (Å²) in [5.41, 5.74) is 0.886. The number of halogens is 1. The van der Waals surface area contributed by atoms with E-state index in [9.17, 15) is 13.2 Å². The SMILES string of the molecule is COC(=O)c1scc(C)c1NS(=O)(=O)CCl. The average Bonchev–Trinajstić information content (AvgIpc) is 2.59. The molecular weight excluding hydrogens is 274 g/mol. The Hall–Kier alpha value is -0.790. The molecule has 90 valence electrons. The van der Waals surface area contributed by atoms with Crippen LogP contribution in [0.5, 0.6) is 0 Å². The molecule has 0 saturated heterocycles. The maximum atomic E-state index is 11.3. The molecule has 0 saturated carbocycles. The molecule has 0 aliphatic carbocycles. The minimum absolute atomic E-state index is 0.216. The van der Waals surface area contributed by atoms with Crippen LogP contribution in [0.15, 0.2) is 5.38 Å². The van der Waals surface area contributed by atoms with E-state index in [-0.39, 0.29) is 10.6 Å². The van der Waals surface area contributed by atoms with Gasteiger partial charge in [-0.05, 0) is 17.9 Å². The number of methoxy groups -OCH3 is 1. The monoisotopic (exact) mass is 283 g/mol. The topological polar surface area (TPSA) is 72.5 Å². The quantitative estimate of drug-likeness (QED) is 0.675. The van der Waals surface area contributed by atoms with Gasteiger partial charge >= 0.3 is 5.97 Å². The Kier molecular flexibility index (Phi) is 4.17. The number of alkyl halides is 1. The third-order valence-electron chi connectivity index (χ3n) is 1.75. The van der Waals surface area contributed by atoms with Crippen molar-refractivity contribution in [3.63, 3.8) is 0 Å². The standard InChI is InChI=1S/C8H10ClNO4S2/c1-5-3-15-7(8(11)14-2)6(5)10-16(12,13)4-9/h3,10H,4H2,1-2H3. The first-order valence-electron chi connectivity index (χ1n) is 4.14. The Balaban J connectivity index is 3.13. The Morgan fingerprint density at radius 1 is 1.62 bits per heavy atom. The van der Waals surface area contributed by atoms with Crippen LogP contribution in [0, 0.1) is 6.92 Å². The van der Waals surface area contributed by atoms with Gasteiger partial charge in [-0.3, -0.25) is 4.72 Å². The van der Waals surface area contributed by atoms with Crippen molar-refractivity contribution in [2.45, 2.75) is 6.92 Å². The van der Waals surface area contributed by atoms with Crippen LogP contribution >= 0.6 is 22.9 Å². The number of carbonyl (C=O) groups excluding carboxylic acids is 1. The van der Waals surface area contributed by atoms with Crippen LogP contribution in [-0.4, -0.2) is 26.7 Å². The minimum Gasteiger partial charge on any atom is -0.465 e. The molecule has 1 heterocycles. The number of thiophene rings is 1. The zero-order valence-electron chi connectivity index (χ0n) is 8.61. The summed E-state index contributed by atoms with van der Waals surface area (Å²) in [6.45, 7) is 1.69. The molecule has 0 bridgehead atoms. The molecule has 0 fully saturated rings. The maximum Gasteiger partial charge on any atom is 0.350 e. The van der Waals surface area contributed by atoms with E-state index in [1.54, 1.807) is 12.3 Å². The van der Waals surface area contributed by atoms with Gasteiger partial charge in [0, 0.05) is 0 Å². The van der Waals surface area contributed by atoms with Crippen molar-refractivity contribution in [3.8, 4) is 0 Å². The molecule has 1 N–H and O–H groups in total. The lowest BCUT2D eigenvalue weighted by Crippen LogP contribution is -2.16. The molecule has 0 amide bonds. The Labute approximate surface area is 102 Å². The molecule has 1 aromatic heterocycles. The molecular formula is C8H10ClNO4S2. The van der Waals surface area contributed by atoms with Crippen LogP contribution in [0.25, 0.3) is 0 Å². The first-order valence-corrected chi connectivity index (χ1v) is 7.20. The number of ether oxygens (including phenoxy) is 1. The lowest BCUT2D eigenvalue weighted by molar-refractivity contribution is 0.0607. The Morgan fingerprint density at radius 2 is 2.25 bits per heavy atom. The number of esters is 1. The fourth-order valence-electron chi connectivity index (χ4n) is 0.997. The number of hydrogen-bond donors (Lipinski definition) is 1. The number of aryl methyl sites for hydroxylation is 1. The van der Waals surface area contributed by atoms with Gasteiger partial charge in [0.1, 0.15) is 10.1 Å². The Bertz CT molecular complexity index is 494. The zero-order chi connectivity index (χ0) is 12.3. The first kappa shape index (κ1) is 13.3. The number of nitrogens with one attached hydrogen (secondary N) is 1. The van der Waals surface area contributed by atoms with Gasteiger partial charge in [0.2, 0.25) is 10.0 Å². The van der Waals surface area contributed by atoms with Crippen molar-refractivity contribution < 1.29 is 17.9 Å². The van der Waals surface area contributed by atoms with E-state index in [2.05, 4.69) is 9.46 Å². The summed E-state index contributed by atoms with van der Waals surface area (Å²) in [5.74, 6) is -0.578. The molecule has 5 nitrogen and oxygen atoms in total. The minimum atomic E-state index is -3.61. The summed E-state index contributed by atoms with van der Waals surface area (Å²) in [6, 6.07) is 0. The lowest BCUT2D eigenvalue weighted by Gasteiger charge is -2.06. The van der Waals surface area contributed by atoms with Gasteiger partial charge in [-0.15, -0.1) is 22.9 Å². The second-order valence-electron chi connectivity index (χ2n) is 2.94. The molecule has 0 unspecified atom stereocenters. The van der Waals surface area contributed by atoms with Crippen molar-refractivity contribution >= 4 is 44.6 Å². The van der Waals surface area contributed by atoms with E-state index in [0.717, 1.165) is 11.3 Å². The highest BCUT2D eigenvalue weighted by Crippen LogP contribution is 2.29. The predicted molar refractivity (Wildman–Crippen MR) is 63.7 cm³/mol. The van der Waals surface area contributed by atoms with E-state index in [4.69, 9.17) is 11.6 Å². The fraction of sp³-hybridized carbons (Fsp3) is 0.375. The van der Waals surface area contributed by atoms with E-state index in [1.165, 1.54) is 7.11 Å². The molecule has 8 heteroatoms. The van der Waals surface area contributed by atoms with E-state index >= 15 is 0 Å². The van der Waals surface area contributed by atoms with Gasteiger partial charge in [-0.1, -0.05) is 0 Å². The number of rotatable bonds is 4. The van der Waals surface area contributed by atoms with E-state index in [0.29, 0.717) is 5.56 Å². The van der Waals surface area contributed by atoms with E-state index in [1.807, 2.05) is 0 Å². The highest BCUT2D eigenvalue weighted by molar-refractivity contribution is 7.93. The molecule has 0 aromatic carbocycles. The van der Waals surface area contributed by atoms with Gasteiger partial charge in [0.05, 0.1) is 12.8 Å². The molecule has 0 aliphatic heterocycles. The van der Waals surface area contributed by atoms with Gasteiger partial charge in [0.25, 0.3) is 0 Å². The van der Waals surface area contributed by atoms with Crippen molar-refractivity contribution in [3.05, 3.63) is 15.8 Å². The van der Waals surface area contributed by atoms with Crippen molar-refractivity contribution in [2.75, 3.05) is 17.0 Å². The molecule has 0 radical (unpaired) electrons. The van der Waals surface area contributed by atoms with Crippen molar-refractivity contribution in [1.29, 1.82) is 0 Å². The lowest BCUT2D eigenvalue weighted by atomic mass is 10.3. The third kappa shape index (κ3) is 2.87. The summed E-state index contributed by atoms with van der Waals surface area (Å²) in [4.78, 5) is 11.6. The van der Waals surface area contributed by atoms with Crippen LogP contribution in [-0.2, 0) is 14.8 Å². The van der Waals surface area contributed by atoms with Gasteiger partial charge in [-0.25, -0.2) is 13.2 Å². The summed E-state index contributed by atoms with van der Waals surface area (Å²) in [6.07, 6.45) is 0. The van der Waals surface area contributed by atoms with Crippen molar-refractivity contribution in [1.82, 2.24) is 0 Å². The number of sulfonamides is 1. The normalized spacial score (nSPS) is 11.2. The predicted octanol–water partition coefficient (Wildman–Crippen LogP) is 1.78. The third-order valence-corrected chi connectivity index (χ3v) is 4.49. The number of carbonyl (C=O) groups is 1. The van der Waals surface area contributed by atoms with Gasteiger partial charge in [-0.2, -0.15) is 0 Å². The molecule has 0 aliphatic rings. The van der Waals surface area contributed by atoms with Crippen molar-refractivity contribution in [2.24, 2.45) is 0 Å². The number of hydrogen-bond acceptors (Lipinski definition) is 5. The highest BCUT2D eigenvalue weighted by atomic mass is 35.5. The Morgan fingerprint density at radius 3 is 2.75 bits per heavy atom. The number of anilines is 1. The average molecular weight is 284 g/mol. The molecule has 0 spiro atoms. The maximum absolute atomic E-state index is 11.3. The van der Waals surface area contributed by atoms with Gasteiger partial charge in [0.15, 0.2) is 0 Å². The van der Waals surface area contributed by atoms with Crippen LogP contribution in [0.1, 0.15) is 15.2 Å². The van der Waals surface area contributed by atoms with Gasteiger partial charge < -0.3 is 4.74 Å². The van der Waals surface area contributed by atoms with Crippen LogP contribution in [0.4, 0.5) is 5.69 Å². The highest BCUT2D eigenvalue weighted by Gasteiger charge is 2.20. The van der Waals surface area contributed by atoms with Crippen LogP contribution in [0.2, 0.25) is 0 Å². The first-order chi connectivity index (χ1) is 7.41. The molecule has 1 rings (SSSR count). The smallest absolute Gasteiger partial charge is 0.350 e. The second-order valence-corrected chi connectivity index (χ2v) is 6.13. The molecule has 0 atom stereocenters. The summed E-state index contributed by atoms with van der Waals surface area (Å²) in [5, 5.41) is 1.10.